The van der Waals surface area contributed by atoms with Gasteiger partial charge in [0.15, 0.2) is 11.6 Å². The summed E-state index contributed by atoms with van der Waals surface area (Å²) in [6.45, 7) is 5.91. The molecule has 128 valence electrons. The number of aryl methyl sites for hydroxylation is 1. The highest BCUT2D eigenvalue weighted by Gasteiger charge is 2.16. The van der Waals surface area contributed by atoms with Crippen molar-refractivity contribution in [1.29, 1.82) is 0 Å². The Hall–Kier alpha value is -2.74. The van der Waals surface area contributed by atoms with Crippen molar-refractivity contribution in [1.82, 2.24) is 0 Å². The molecule has 0 saturated carbocycles. The molecule has 0 saturated heterocycles. The molecule has 1 aliphatic rings. The van der Waals surface area contributed by atoms with Gasteiger partial charge in [0.1, 0.15) is 0 Å². The van der Waals surface area contributed by atoms with E-state index in [9.17, 15) is 9.59 Å². The van der Waals surface area contributed by atoms with Crippen LogP contribution in [-0.4, -0.2) is 11.6 Å². The summed E-state index contributed by atoms with van der Waals surface area (Å²) in [5.41, 5.74) is 3.38. The van der Waals surface area contributed by atoms with E-state index in [2.05, 4.69) is 0 Å². The van der Waals surface area contributed by atoms with Crippen LogP contribution in [0.2, 0.25) is 0 Å². The fourth-order valence-corrected chi connectivity index (χ4v) is 2.75. The molecule has 2 aromatic rings. The van der Waals surface area contributed by atoms with E-state index in [1.807, 2.05) is 69.3 Å². The number of rotatable bonds is 4. The standard InChI is InChI=1S/C21H18O2.C2H6/c1-15-12-18(20(22)16-8-4-2-5-9-16)14-19(13-15)21(23)17-10-6-3-7-11-17;1-2/h2,4-6,8-14H,3,7H2,1H3;1-2H3. The average Bonchev–Trinajstić information content (AvgIpc) is 2.69. The second kappa shape index (κ2) is 8.93. The highest BCUT2D eigenvalue weighted by molar-refractivity contribution is 6.14. The summed E-state index contributed by atoms with van der Waals surface area (Å²) in [5.74, 6) is -0.0803. The van der Waals surface area contributed by atoms with Gasteiger partial charge in [0, 0.05) is 22.3 Å². The van der Waals surface area contributed by atoms with Crippen LogP contribution in [0.5, 0.6) is 0 Å². The van der Waals surface area contributed by atoms with E-state index in [0.29, 0.717) is 22.3 Å². The Morgan fingerprint density at radius 1 is 0.800 bits per heavy atom. The Balaban J connectivity index is 0.00000109. The number of carbonyl (C=O) groups excluding carboxylic acids is 2. The molecule has 2 aromatic carbocycles. The van der Waals surface area contributed by atoms with Gasteiger partial charge in [-0.25, -0.2) is 0 Å². The lowest BCUT2D eigenvalue weighted by atomic mass is 9.93. The highest BCUT2D eigenvalue weighted by atomic mass is 16.1. The predicted molar refractivity (Wildman–Crippen MR) is 103 cm³/mol. The molecule has 0 heterocycles. The highest BCUT2D eigenvalue weighted by Crippen LogP contribution is 2.20. The van der Waals surface area contributed by atoms with Gasteiger partial charge in [0.05, 0.1) is 0 Å². The molecule has 2 heteroatoms. The van der Waals surface area contributed by atoms with Crippen LogP contribution in [0.25, 0.3) is 0 Å². The molecule has 1 aliphatic carbocycles. The molecule has 0 atom stereocenters. The van der Waals surface area contributed by atoms with Crippen LogP contribution in [0, 0.1) is 6.92 Å². The minimum Gasteiger partial charge on any atom is -0.289 e. The summed E-state index contributed by atoms with van der Waals surface area (Å²) < 4.78 is 0. The Bertz CT molecular complexity index is 811. The lowest BCUT2D eigenvalue weighted by Crippen LogP contribution is -2.07. The van der Waals surface area contributed by atoms with Gasteiger partial charge in [-0.3, -0.25) is 9.59 Å². The number of benzene rings is 2. The maximum atomic E-state index is 12.6. The quantitative estimate of drug-likeness (QED) is 0.672. The first-order valence-corrected chi connectivity index (χ1v) is 8.78. The average molecular weight is 332 g/mol. The Kier molecular flexibility index (Phi) is 6.64. The van der Waals surface area contributed by atoms with Crippen LogP contribution in [0.1, 0.15) is 58.5 Å². The summed E-state index contributed by atoms with van der Waals surface area (Å²) >= 11 is 0. The predicted octanol–water partition coefficient (Wildman–Crippen LogP) is 5.71. The third kappa shape index (κ3) is 4.63. The summed E-state index contributed by atoms with van der Waals surface area (Å²) in [4.78, 5) is 25.2. The maximum Gasteiger partial charge on any atom is 0.193 e. The number of hydrogen-bond acceptors (Lipinski definition) is 2. The van der Waals surface area contributed by atoms with Gasteiger partial charge in [0.2, 0.25) is 0 Å². The van der Waals surface area contributed by atoms with Gasteiger partial charge in [-0.2, -0.15) is 0 Å². The Morgan fingerprint density at radius 3 is 2.04 bits per heavy atom. The molecule has 0 unspecified atom stereocenters. The number of ketones is 2. The summed E-state index contributed by atoms with van der Waals surface area (Å²) in [7, 11) is 0. The zero-order chi connectivity index (χ0) is 18.2. The van der Waals surface area contributed by atoms with Crippen molar-refractivity contribution in [2.24, 2.45) is 0 Å². The van der Waals surface area contributed by atoms with E-state index in [1.165, 1.54) is 0 Å². The van der Waals surface area contributed by atoms with Crippen LogP contribution in [0.15, 0.2) is 72.3 Å². The summed E-state index contributed by atoms with van der Waals surface area (Å²) in [6.07, 6.45) is 7.71. The Labute approximate surface area is 149 Å². The topological polar surface area (TPSA) is 34.1 Å². The zero-order valence-electron chi connectivity index (χ0n) is 15.1. The second-order valence-electron chi connectivity index (χ2n) is 5.75. The third-order valence-corrected chi connectivity index (χ3v) is 3.89. The number of hydrogen-bond donors (Lipinski definition) is 0. The van der Waals surface area contributed by atoms with Crippen LogP contribution in [-0.2, 0) is 0 Å². The van der Waals surface area contributed by atoms with E-state index in [0.717, 1.165) is 18.4 Å². The van der Waals surface area contributed by atoms with E-state index in [1.54, 1.807) is 18.2 Å². The van der Waals surface area contributed by atoms with Crippen LogP contribution in [0.3, 0.4) is 0 Å². The molecular weight excluding hydrogens is 308 g/mol. The maximum absolute atomic E-state index is 12.6. The van der Waals surface area contributed by atoms with E-state index in [4.69, 9.17) is 0 Å². The monoisotopic (exact) mass is 332 g/mol. The molecule has 25 heavy (non-hydrogen) atoms. The number of Topliss-reactive ketones (excluding diaryl/α,β-unsaturated/α-hetero) is 1. The van der Waals surface area contributed by atoms with Gasteiger partial charge >= 0.3 is 0 Å². The molecule has 2 nitrogen and oxygen atoms in total. The molecule has 0 radical (unpaired) electrons. The fourth-order valence-electron chi connectivity index (χ4n) is 2.75. The first-order valence-electron chi connectivity index (χ1n) is 8.78. The first-order chi connectivity index (χ1) is 12.1. The molecule has 0 amide bonds. The molecule has 0 bridgehead atoms. The van der Waals surface area contributed by atoms with Crippen LogP contribution in [0.4, 0.5) is 0 Å². The van der Waals surface area contributed by atoms with Crippen molar-refractivity contribution in [3.05, 3.63) is 94.6 Å². The SMILES string of the molecule is CC.Cc1cc(C(=O)C2=CCCC=C2)cc(C(=O)c2ccccc2)c1. The van der Waals surface area contributed by atoms with Crippen molar-refractivity contribution in [2.45, 2.75) is 33.6 Å². The van der Waals surface area contributed by atoms with Gasteiger partial charge in [-0.05, 0) is 43.5 Å². The molecular formula is C23H24O2. The molecule has 0 spiro atoms. The summed E-state index contributed by atoms with van der Waals surface area (Å²) in [5, 5.41) is 0. The van der Waals surface area contributed by atoms with Gasteiger partial charge in [-0.15, -0.1) is 0 Å². The van der Waals surface area contributed by atoms with Gasteiger partial charge in [0.25, 0.3) is 0 Å². The van der Waals surface area contributed by atoms with E-state index < -0.39 is 0 Å². The summed E-state index contributed by atoms with van der Waals surface area (Å²) in [6, 6.07) is 14.5. The number of carbonyl (C=O) groups is 2. The lowest BCUT2D eigenvalue weighted by molar-refractivity contribution is 0.103. The van der Waals surface area contributed by atoms with Crippen molar-refractivity contribution >= 4 is 11.6 Å². The first kappa shape index (κ1) is 18.6. The van der Waals surface area contributed by atoms with Gasteiger partial charge in [-0.1, -0.05) is 62.4 Å². The fraction of sp³-hybridized carbons (Fsp3) is 0.217. The molecule has 0 aromatic heterocycles. The van der Waals surface area contributed by atoms with Gasteiger partial charge < -0.3 is 0 Å². The Morgan fingerprint density at radius 2 is 1.44 bits per heavy atom. The third-order valence-electron chi connectivity index (χ3n) is 3.89. The minimum atomic E-state index is -0.0588. The largest absolute Gasteiger partial charge is 0.289 e. The zero-order valence-corrected chi connectivity index (χ0v) is 15.1. The molecule has 0 fully saturated rings. The molecule has 0 N–H and O–H groups in total. The second-order valence-corrected chi connectivity index (χ2v) is 5.75. The van der Waals surface area contributed by atoms with Crippen molar-refractivity contribution in [3.63, 3.8) is 0 Å². The van der Waals surface area contributed by atoms with E-state index in [-0.39, 0.29) is 11.6 Å². The van der Waals surface area contributed by atoms with Crippen molar-refractivity contribution in [3.8, 4) is 0 Å². The van der Waals surface area contributed by atoms with E-state index >= 15 is 0 Å². The number of allylic oxidation sites excluding steroid dienone is 4. The van der Waals surface area contributed by atoms with Crippen molar-refractivity contribution in [2.75, 3.05) is 0 Å². The normalized spacial score (nSPS) is 12.7. The molecule has 0 aliphatic heterocycles. The molecule has 3 rings (SSSR count). The van der Waals surface area contributed by atoms with Crippen LogP contribution >= 0.6 is 0 Å². The van der Waals surface area contributed by atoms with Crippen molar-refractivity contribution < 1.29 is 9.59 Å². The smallest absolute Gasteiger partial charge is 0.193 e. The minimum absolute atomic E-state index is 0.0215. The van der Waals surface area contributed by atoms with Crippen LogP contribution < -0.4 is 0 Å². The lowest BCUT2D eigenvalue weighted by Gasteiger charge is -2.09.